The van der Waals surface area contributed by atoms with Crippen molar-refractivity contribution < 1.29 is 9.53 Å². The number of rotatable bonds is 9. The van der Waals surface area contributed by atoms with Crippen LogP contribution in [0.4, 0.5) is 0 Å². The number of phenols is 1. The second-order valence-electron chi connectivity index (χ2n) is 12.6. The average molecular weight is 905 g/mol. The van der Waals surface area contributed by atoms with Gasteiger partial charge in [-0.3, -0.25) is 0 Å². The molecule has 0 aliphatic carbocycles. The van der Waals surface area contributed by atoms with E-state index >= 15 is 0 Å². The maximum atomic E-state index is 9.19. The minimum absolute atomic E-state index is 0.208. The van der Waals surface area contributed by atoms with Gasteiger partial charge in [0.15, 0.2) is 0 Å². The van der Waals surface area contributed by atoms with Crippen LogP contribution < -0.4 is 4.43 Å². The Bertz CT molecular complexity index is 1480. The van der Waals surface area contributed by atoms with Crippen LogP contribution in [0.3, 0.4) is 0 Å². The lowest BCUT2D eigenvalue weighted by atomic mass is 10.1. The van der Waals surface area contributed by atoms with Gasteiger partial charge in [-0.25, -0.2) is 0 Å². The number of hydrogen-bond acceptors (Lipinski definition) is 3. The van der Waals surface area contributed by atoms with Crippen LogP contribution in [0, 0.1) is 7.14 Å². The summed E-state index contributed by atoms with van der Waals surface area (Å²) in [5.74, 6) is 1.26. The van der Waals surface area contributed by atoms with E-state index in [1.54, 1.807) is 12.1 Å². The van der Waals surface area contributed by atoms with E-state index in [1.165, 1.54) is 32.3 Å². The summed E-state index contributed by atoms with van der Waals surface area (Å²) < 4.78 is 8.71. The summed E-state index contributed by atoms with van der Waals surface area (Å²) in [4.78, 5) is 2.38. The summed E-state index contributed by atoms with van der Waals surface area (Å²) in [6.45, 7) is 21.4. The van der Waals surface area contributed by atoms with Gasteiger partial charge in [-0.2, -0.15) is 0 Å². The maximum Gasteiger partial charge on any atom is 0.250 e. The SMILES string of the molecule is CC(C)(C)[Si](C)(C)Oc1ccc(Cc2cc(I)ccc2Cl)cc1.CCN(CC)CC.Oc1ccc(Cc2cc(I)ccc2Cl)cc1. The van der Waals surface area contributed by atoms with Gasteiger partial charge >= 0.3 is 0 Å². The molecule has 0 heterocycles. The van der Waals surface area contributed by atoms with E-state index in [4.69, 9.17) is 27.6 Å². The smallest absolute Gasteiger partial charge is 0.250 e. The van der Waals surface area contributed by atoms with Crippen molar-refractivity contribution in [2.75, 3.05) is 19.6 Å². The van der Waals surface area contributed by atoms with E-state index in [2.05, 4.69) is 141 Å². The number of hydrogen-bond donors (Lipinski definition) is 1. The summed E-state index contributed by atoms with van der Waals surface area (Å²) in [6, 6.07) is 27.8. The molecule has 0 amide bonds. The van der Waals surface area contributed by atoms with Crippen LogP contribution in [0.2, 0.25) is 28.2 Å². The van der Waals surface area contributed by atoms with Crippen LogP contribution in [0.15, 0.2) is 84.9 Å². The lowest BCUT2D eigenvalue weighted by Gasteiger charge is -2.36. The molecule has 0 radical (unpaired) electrons. The Morgan fingerprint density at radius 1 is 0.674 bits per heavy atom. The van der Waals surface area contributed by atoms with Crippen molar-refractivity contribution in [3.63, 3.8) is 0 Å². The largest absolute Gasteiger partial charge is 0.544 e. The van der Waals surface area contributed by atoms with Gasteiger partial charge in [0.25, 0.3) is 0 Å². The number of benzene rings is 4. The van der Waals surface area contributed by atoms with Crippen LogP contribution in [0.5, 0.6) is 11.5 Å². The standard InChI is InChI=1S/C19H24ClIOSi.C13H10ClIO.C6H15N/c1-19(2,3)23(4,5)22-17-9-6-14(7-10-17)12-15-13-16(21)8-11-18(15)20;14-13-6-3-11(15)8-10(13)7-9-1-4-12(16)5-2-9;1-4-7(5-2)6-3/h6-11,13H,12H2,1-5H3;1-6,8,16H,7H2;4-6H2,1-3H3. The molecule has 0 unspecified atom stereocenters. The zero-order valence-corrected chi connectivity index (χ0v) is 35.3. The Labute approximate surface area is 316 Å². The van der Waals surface area contributed by atoms with Crippen LogP contribution >= 0.6 is 68.4 Å². The summed E-state index contributed by atoms with van der Waals surface area (Å²) in [6.07, 6.45) is 1.63. The lowest BCUT2D eigenvalue weighted by molar-refractivity contribution is 0.321. The Morgan fingerprint density at radius 3 is 1.41 bits per heavy atom. The molecule has 3 nitrogen and oxygen atoms in total. The first kappa shape index (κ1) is 40.9. The highest BCUT2D eigenvalue weighted by atomic mass is 127. The van der Waals surface area contributed by atoms with Crippen LogP contribution in [0.25, 0.3) is 0 Å². The maximum absolute atomic E-state index is 9.19. The van der Waals surface area contributed by atoms with Crippen molar-refractivity contribution in [3.05, 3.63) is 124 Å². The topological polar surface area (TPSA) is 32.7 Å². The fourth-order valence-electron chi connectivity index (χ4n) is 4.21. The third-order valence-electron chi connectivity index (χ3n) is 8.19. The highest BCUT2D eigenvalue weighted by Gasteiger charge is 2.38. The van der Waals surface area contributed by atoms with E-state index in [1.807, 2.05) is 36.4 Å². The van der Waals surface area contributed by atoms with E-state index in [0.29, 0.717) is 0 Å². The first-order chi connectivity index (χ1) is 21.6. The predicted molar refractivity (Wildman–Crippen MR) is 220 cm³/mol. The molecule has 0 aromatic heterocycles. The molecule has 1 N–H and O–H groups in total. The van der Waals surface area contributed by atoms with Crippen molar-refractivity contribution in [2.24, 2.45) is 0 Å². The van der Waals surface area contributed by atoms with E-state index in [0.717, 1.165) is 45.3 Å². The van der Waals surface area contributed by atoms with Gasteiger partial charge in [-0.1, -0.05) is 89.0 Å². The van der Waals surface area contributed by atoms with Crippen molar-refractivity contribution in [2.45, 2.75) is 72.5 Å². The fourth-order valence-corrected chi connectivity index (χ4v) is 6.72. The molecule has 0 atom stereocenters. The van der Waals surface area contributed by atoms with Crippen LogP contribution in [-0.2, 0) is 12.8 Å². The Hall–Kier alpha value is -1.30. The first-order valence-electron chi connectivity index (χ1n) is 15.7. The average Bonchev–Trinajstić information content (AvgIpc) is 3.00. The number of aromatic hydroxyl groups is 1. The molecule has 250 valence electrons. The molecule has 0 aliphatic heterocycles. The number of phenolic OH excluding ortho intramolecular Hbond substituents is 1. The molecule has 0 spiro atoms. The van der Waals surface area contributed by atoms with Crippen molar-refractivity contribution in [3.8, 4) is 11.5 Å². The van der Waals surface area contributed by atoms with E-state index in [9.17, 15) is 5.11 Å². The minimum atomic E-state index is -1.78. The number of halogens is 4. The molecule has 0 bridgehead atoms. The highest BCUT2D eigenvalue weighted by molar-refractivity contribution is 14.1. The van der Waals surface area contributed by atoms with Crippen LogP contribution in [0.1, 0.15) is 63.8 Å². The van der Waals surface area contributed by atoms with E-state index in [-0.39, 0.29) is 10.8 Å². The first-order valence-corrected chi connectivity index (χ1v) is 21.6. The molecule has 4 rings (SSSR count). The summed E-state index contributed by atoms with van der Waals surface area (Å²) in [7, 11) is -1.78. The van der Waals surface area contributed by atoms with Gasteiger partial charge in [-0.05, 0) is 179 Å². The molecule has 4 aromatic rings. The van der Waals surface area contributed by atoms with Gasteiger partial charge in [0.2, 0.25) is 8.32 Å². The normalized spacial score (nSPS) is 11.3. The lowest BCUT2D eigenvalue weighted by Crippen LogP contribution is -2.43. The molecule has 4 aromatic carbocycles. The van der Waals surface area contributed by atoms with Gasteiger partial charge < -0.3 is 14.4 Å². The summed E-state index contributed by atoms with van der Waals surface area (Å²) in [5, 5.41) is 11.0. The van der Waals surface area contributed by atoms with Crippen molar-refractivity contribution >= 4 is 76.7 Å². The molecule has 0 saturated heterocycles. The second kappa shape index (κ2) is 19.6. The Morgan fingerprint density at radius 2 is 1.07 bits per heavy atom. The fraction of sp³-hybridized carbons (Fsp3) is 0.368. The van der Waals surface area contributed by atoms with Crippen molar-refractivity contribution in [1.82, 2.24) is 4.90 Å². The summed E-state index contributed by atoms with van der Waals surface area (Å²) in [5.41, 5.74) is 4.66. The van der Waals surface area contributed by atoms with Gasteiger partial charge in [0.1, 0.15) is 11.5 Å². The zero-order chi connectivity index (χ0) is 34.5. The molecule has 46 heavy (non-hydrogen) atoms. The van der Waals surface area contributed by atoms with Crippen LogP contribution in [-0.4, -0.2) is 38.0 Å². The number of nitrogens with zero attached hydrogens (tertiary/aromatic N) is 1. The third kappa shape index (κ3) is 14.0. The van der Waals surface area contributed by atoms with Gasteiger partial charge in [0.05, 0.1) is 0 Å². The summed E-state index contributed by atoms with van der Waals surface area (Å²) >= 11 is 17.0. The minimum Gasteiger partial charge on any atom is -0.544 e. The van der Waals surface area contributed by atoms with E-state index < -0.39 is 8.32 Å². The highest BCUT2D eigenvalue weighted by Crippen LogP contribution is 2.37. The Kier molecular flexibility index (Phi) is 17.4. The monoisotopic (exact) mass is 903 g/mol. The molecule has 0 fully saturated rings. The Balaban J connectivity index is 0.000000276. The molecular formula is C38H49Cl2I2NO2Si. The third-order valence-corrected chi connectivity index (χ3v) is 14.6. The molecule has 0 aliphatic rings. The van der Waals surface area contributed by atoms with Gasteiger partial charge in [0, 0.05) is 17.2 Å². The predicted octanol–water partition coefficient (Wildman–Crippen LogP) is 12.5. The second-order valence-corrected chi connectivity index (χ2v) is 20.6. The molecule has 0 saturated carbocycles. The quantitative estimate of drug-likeness (QED) is 0.134. The van der Waals surface area contributed by atoms with Crippen molar-refractivity contribution in [1.29, 1.82) is 0 Å². The molecular weight excluding hydrogens is 855 g/mol. The molecule has 8 heteroatoms. The zero-order valence-electron chi connectivity index (χ0n) is 28.4. The van der Waals surface area contributed by atoms with Gasteiger partial charge in [-0.15, -0.1) is 0 Å².